The number of Topliss-reactive ketones (excluding diaryl/α,β-unsaturated/α-hetero) is 1. The third-order valence-electron chi connectivity index (χ3n) is 4.21. The molecular weight excluding hydrogens is 360 g/mol. The van der Waals surface area contributed by atoms with E-state index in [1.165, 1.54) is 18.3 Å². The van der Waals surface area contributed by atoms with Crippen LogP contribution in [0, 0.1) is 11.3 Å². The number of ether oxygens (including phenoxy) is 1. The number of ketones is 1. The van der Waals surface area contributed by atoms with Gasteiger partial charge >= 0.3 is 0 Å². The molecule has 0 atom stereocenters. The molecule has 2 aromatic carbocycles. The maximum atomic E-state index is 11.8. The van der Waals surface area contributed by atoms with Crippen molar-refractivity contribution in [2.45, 2.75) is 6.92 Å². The zero-order valence-electron chi connectivity index (χ0n) is 14.6. The van der Waals surface area contributed by atoms with Gasteiger partial charge in [-0.3, -0.25) is 4.79 Å². The Kier molecular flexibility index (Phi) is 4.18. The molecule has 0 aliphatic carbocycles. The molecule has 132 valence electrons. The van der Waals surface area contributed by atoms with Gasteiger partial charge in [-0.05, 0) is 19.1 Å². The molecule has 3 aromatic rings. The first-order chi connectivity index (χ1) is 13.1. The average molecular weight is 374 g/mol. The molecule has 1 aliphatic heterocycles. The third kappa shape index (κ3) is 2.86. The minimum atomic E-state index is -0.291. The zero-order chi connectivity index (χ0) is 19.0. The number of hydrogen-bond donors (Lipinski definition) is 1. The normalized spacial score (nSPS) is 16.0. The van der Waals surface area contributed by atoms with E-state index in [4.69, 9.17) is 4.74 Å². The summed E-state index contributed by atoms with van der Waals surface area (Å²) >= 11 is 1.44. The van der Waals surface area contributed by atoms with Gasteiger partial charge in [-0.25, -0.2) is 9.98 Å². The molecule has 0 saturated heterocycles. The molecule has 2 heterocycles. The summed E-state index contributed by atoms with van der Waals surface area (Å²) in [5, 5.41) is 13.1. The van der Waals surface area contributed by atoms with Gasteiger partial charge in [-0.2, -0.15) is 5.26 Å². The number of aliphatic imine (C=N–C) groups is 1. The summed E-state index contributed by atoms with van der Waals surface area (Å²) in [6.45, 7) is 1.38. The molecule has 0 saturated carbocycles. The van der Waals surface area contributed by atoms with Crippen LogP contribution < -0.4 is 10.1 Å². The quantitative estimate of drug-likeness (QED) is 0.556. The molecular formula is C20H14N4O2S. The highest BCUT2D eigenvalue weighted by atomic mass is 32.1. The van der Waals surface area contributed by atoms with E-state index in [9.17, 15) is 10.1 Å². The number of nitrogens with one attached hydrogen (secondary N) is 1. The fraction of sp³-hybridized carbons (Fsp3) is 0.100. The lowest BCUT2D eigenvalue weighted by atomic mass is 10.0. The number of allylic oxidation sites excluding steroid dienone is 1. The van der Waals surface area contributed by atoms with E-state index in [2.05, 4.69) is 15.3 Å². The number of para-hydroxylation sites is 1. The van der Waals surface area contributed by atoms with Crippen LogP contribution in [0.25, 0.3) is 15.9 Å². The predicted molar refractivity (Wildman–Crippen MR) is 105 cm³/mol. The molecule has 0 radical (unpaired) electrons. The lowest BCUT2D eigenvalue weighted by molar-refractivity contribution is -0.113. The molecule has 7 heteroatoms. The molecule has 1 N–H and O–H groups in total. The molecule has 6 nitrogen and oxygen atoms in total. The number of rotatable bonds is 3. The molecule has 27 heavy (non-hydrogen) atoms. The van der Waals surface area contributed by atoms with Crippen molar-refractivity contribution in [3.05, 3.63) is 59.2 Å². The van der Waals surface area contributed by atoms with Gasteiger partial charge in [0.15, 0.2) is 5.78 Å². The van der Waals surface area contributed by atoms with Gasteiger partial charge in [-0.15, -0.1) is 0 Å². The summed E-state index contributed by atoms with van der Waals surface area (Å²) in [5.41, 5.74) is 2.93. The second kappa shape index (κ2) is 6.67. The zero-order valence-corrected chi connectivity index (χ0v) is 15.4. The fourth-order valence-corrected chi connectivity index (χ4v) is 3.84. The molecule has 0 unspecified atom stereocenters. The maximum absolute atomic E-state index is 11.8. The molecule has 0 bridgehead atoms. The number of nitrogens with zero attached hydrogens (tertiary/aromatic N) is 3. The van der Waals surface area contributed by atoms with Crippen molar-refractivity contribution < 1.29 is 9.53 Å². The summed E-state index contributed by atoms with van der Waals surface area (Å²) in [5.74, 6) is 0.965. The van der Waals surface area contributed by atoms with Crippen molar-refractivity contribution in [2.24, 2.45) is 4.99 Å². The number of aromatic nitrogens is 1. The van der Waals surface area contributed by atoms with Crippen LogP contribution in [-0.4, -0.2) is 23.7 Å². The Bertz CT molecular complexity index is 1180. The topological polar surface area (TPSA) is 87.4 Å². The predicted octanol–water partition coefficient (Wildman–Crippen LogP) is 3.81. The molecule has 4 rings (SSSR count). The van der Waals surface area contributed by atoms with E-state index in [0.29, 0.717) is 22.4 Å². The second-order valence-corrected chi connectivity index (χ2v) is 6.86. The lowest BCUT2D eigenvalue weighted by Crippen LogP contribution is -2.16. The van der Waals surface area contributed by atoms with Crippen LogP contribution in [-0.2, 0) is 4.79 Å². The van der Waals surface area contributed by atoms with Crippen molar-refractivity contribution in [1.29, 1.82) is 5.26 Å². The number of benzene rings is 2. The van der Waals surface area contributed by atoms with E-state index < -0.39 is 0 Å². The average Bonchev–Trinajstić information content (AvgIpc) is 3.24. The SMILES string of the molecule is COc1cccc2sc(/N=C3\N/C(=C(/C#N)C(C)=O)c4ccccc43)nc12. The second-order valence-electron chi connectivity index (χ2n) is 5.85. The number of methoxy groups -OCH3 is 1. The number of amidine groups is 1. The number of fused-ring (bicyclic) bond motifs is 2. The fourth-order valence-electron chi connectivity index (χ4n) is 2.98. The van der Waals surface area contributed by atoms with Crippen LogP contribution in [0.15, 0.2) is 53.0 Å². The van der Waals surface area contributed by atoms with Gasteiger partial charge in [0.25, 0.3) is 0 Å². The Morgan fingerprint density at radius 3 is 2.70 bits per heavy atom. The van der Waals surface area contributed by atoms with Gasteiger partial charge in [0.2, 0.25) is 5.13 Å². The van der Waals surface area contributed by atoms with E-state index in [1.807, 2.05) is 48.5 Å². The number of nitriles is 1. The first-order valence-electron chi connectivity index (χ1n) is 8.16. The summed E-state index contributed by atoms with van der Waals surface area (Å²) < 4.78 is 6.33. The number of carbonyl (C=O) groups is 1. The van der Waals surface area contributed by atoms with Crippen LogP contribution in [0.4, 0.5) is 5.13 Å². The van der Waals surface area contributed by atoms with E-state index >= 15 is 0 Å². The summed E-state index contributed by atoms with van der Waals surface area (Å²) in [6, 6.07) is 15.2. The first kappa shape index (κ1) is 16.9. The van der Waals surface area contributed by atoms with Crippen LogP contribution in [0.2, 0.25) is 0 Å². The summed E-state index contributed by atoms with van der Waals surface area (Å²) in [4.78, 5) is 21.0. The number of hydrogen-bond acceptors (Lipinski definition) is 6. The van der Waals surface area contributed by atoms with Crippen LogP contribution in [0.5, 0.6) is 5.75 Å². The maximum Gasteiger partial charge on any atom is 0.212 e. The van der Waals surface area contributed by atoms with Crippen molar-refractivity contribution in [1.82, 2.24) is 10.3 Å². The minimum Gasteiger partial charge on any atom is -0.494 e. The van der Waals surface area contributed by atoms with Crippen molar-refractivity contribution >= 4 is 44.0 Å². The monoisotopic (exact) mass is 374 g/mol. The van der Waals surface area contributed by atoms with Gasteiger partial charge in [0.1, 0.15) is 28.7 Å². The van der Waals surface area contributed by atoms with Gasteiger partial charge < -0.3 is 10.1 Å². The van der Waals surface area contributed by atoms with E-state index in [1.54, 1.807) is 7.11 Å². The number of carbonyl (C=O) groups excluding carboxylic acids is 1. The van der Waals surface area contributed by atoms with Gasteiger partial charge in [0.05, 0.1) is 17.5 Å². The number of thiazole rings is 1. The van der Waals surface area contributed by atoms with E-state index in [0.717, 1.165) is 21.3 Å². The minimum absolute atomic E-state index is 0.0821. The van der Waals surface area contributed by atoms with Crippen LogP contribution in [0.3, 0.4) is 0 Å². The van der Waals surface area contributed by atoms with Crippen molar-refractivity contribution in [3.8, 4) is 11.8 Å². The Labute approximate surface area is 159 Å². The Balaban J connectivity index is 1.86. The Morgan fingerprint density at radius 1 is 1.22 bits per heavy atom. The standard InChI is InChI=1S/C20H14N4O2S/c1-11(25)14(10-21)17-12-6-3-4-7-13(12)19(22-17)24-20-23-18-15(26-2)8-5-9-16(18)27-20/h3-9H,1-2H3,(H,22,23,24)/b17-14-. The molecule has 1 aromatic heterocycles. The Morgan fingerprint density at radius 2 is 2.00 bits per heavy atom. The Hall–Kier alpha value is -3.50. The highest BCUT2D eigenvalue weighted by molar-refractivity contribution is 7.22. The van der Waals surface area contributed by atoms with Crippen LogP contribution >= 0.6 is 11.3 Å². The lowest BCUT2D eigenvalue weighted by Gasteiger charge is -2.02. The third-order valence-corrected chi connectivity index (χ3v) is 5.12. The first-order valence-corrected chi connectivity index (χ1v) is 8.98. The molecule has 0 fully saturated rings. The van der Waals surface area contributed by atoms with Crippen molar-refractivity contribution in [3.63, 3.8) is 0 Å². The van der Waals surface area contributed by atoms with Gasteiger partial charge in [0, 0.05) is 11.1 Å². The smallest absolute Gasteiger partial charge is 0.212 e. The van der Waals surface area contributed by atoms with Gasteiger partial charge in [-0.1, -0.05) is 41.7 Å². The largest absolute Gasteiger partial charge is 0.494 e. The summed E-state index contributed by atoms with van der Waals surface area (Å²) in [6.07, 6.45) is 0. The van der Waals surface area contributed by atoms with Crippen molar-refractivity contribution in [2.75, 3.05) is 7.11 Å². The highest BCUT2D eigenvalue weighted by Crippen LogP contribution is 2.35. The van der Waals surface area contributed by atoms with E-state index in [-0.39, 0.29) is 11.4 Å². The van der Waals surface area contributed by atoms with Crippen LogP contribution in [0.1, 0.15) is 18.1 Å². The highest BCUT2D eigenvalue weighted by Gasteiger charge is 2.26. The molecule has 0 spiro atoms. The summed E-state index contributed by atoms with van der Waals surface area (Å²) in [7, 11) is 1.61. The molecule has 0 amide bonds. The molecule has 1 aliphatic rings.